The van der Waals surface area contributed by atoms with E-state index in [0.717, 1.165) is 24.2 Å². The van der Waals surface area contributed by atoms with Crippen LogP contribution < -0.4 is 16.8 Å². The number of hydrogen-bond acceptors (Lipinski definition) is 6. The molecular formula is C19H18N6O2. The van der Waals surface area contributed by atoms with Crippen molar-refractivity contribution in [2.75, 3.05) is 0 Å². The molecule has 4 rings (SSSR count). The van der Waals surface area contributed by atoms with Gasteiger partial charge in [-0.1, -0.05) is 6.07 Å². The fourth-order valence-corrected chi connectivity index (χ4v) is 2.94. The Balaban J connectivity index is 1.72. The lowest BCUT2D eigenvalue weighted by Crippen LogP contribution is -2.30. The number of nitrogens with two attached hydrogens (primary N) is 1. The second-order valence-corrected chi connectivity index (χ2v) is 6.45. The summed E-state index contributed by atoms with van der Waals surface area (Å²) in [5.74, 6) is 5.80. The third kappa shape index (κ3) is 3.47. The number of amides is 1. The first kappa shape index (κ1) is 17.0. The van der Waals surface area contributed by atoms with Crippen molar-refractivity contribution in [3.8, 4) is 11.1 Å². The molecule has 3 aromatic heterocycles. The fourth-order valence-electron chi connectivity index (χ4n) is 2.94. The molecule has 8 nitrogen and oxygen atoms in total. The van der Waals surface area contributed by atoms with Crippen LogP contribution >= 0.6 is 0 Å². The third-order valence-electron chi connectivity index (χ3n) is 4.53. The molecule has 0 aromatic carbocycles. The van der Waals surface area contributed by atoms with E-state index in [1.807, 2.05) is 6.07 Å². The van der Waals surface area contributed by atoms with E-state index < -0.39 is 5.91 Å². The van der Waals surface area contributed by atoms with E-state index in [-0.39, 0.29) is 12.1 Å². The number of hydrogen-bond donors (Lipinski definition) is 2. The molecular weight excluding hydrogens is 344 g/mol. The number of carbonyl (C=O) groups is 1. The standard InChI is InChI=1S/C19H18N6O2/c20-24-18(26)14-5-6-15(22-9-14)11-25-17(12-3-4-12)23-10-16(19(25)27)13-2-1-7-21-8-13/h1-2,5-10,12H,3-4,11,20H2,(H,24,26). The van der Waals surface area contributed by atoms with Crippen molar-refractivity contribution in [3.63, 3.8) is 0 Å². The lowest BCUT2D eigenvalue weighted by Gasteiger charge is -2.13. The summed E-state index contributed by atoms with van der Waals surface area (Å²) in [4.78, 5) is 37.6. The Morgan fingerprint density at radius 1 is 1.19 bits per heavy atom. The van der Waals surface area contributed by atoms with Gasteiger partial charge in [-0.05, 0) is 31.0 Å². The van der Waals surface area contributed by atoms with Gasteiger partial charge in [0.25, 0.3) is 11.5 Å². The van der Waals surface area contributed by atoms with Crippen molar-refractivity contribution < 1.29 is 4.79 Å². The van der Waals surface area contributed by atoms with Gasteiger partial charge in [0, 0.05) is 36.3 Å². The van der Waals surface area contributed by atoms with Crippen molar-refractivity contribution in [1.29, 1.82) is 0 Å². The highest BCUT2D eigenvalue weighted by molar-refractivity contribution is 5.93. The molecule has 136 valence electrons. The zero-order chi connectivity index (χ0) is 18.8. The Morgan fingerprint density at radius 2 is 2.04 bits per heavy atom. The molecule has 3 heterocycles. The molecule has 0 radical (unpaired) electrons. The minimum Gasteiger partial charge on any atom is -0.290 e. The van der Waals surface area contributed by atoms with Crippen LogP contribution in [0.3, 0.4) is 0 Å². The van der Waals surface area contributed by atoms with Crippen LogP contribution in [0.25, 0.3) is 11.1 Å². The van der Waals surface area contributed by atoms with Gasteiger partial charge in [0.05, 0.1) is 23.4 Å². The van der Waals surface area contributed by atoms with Gasteiger partial charge < -0.3 is 0 Å². The van der Waals surface area contributed by atoms with Gasteiger partial charge in [0.2, 0.25) is 0 Å². The van der Waals surface area contributed by atoms with E-state index in [0.29, 0.717) is 22.7 Å². The molecule has 8 heteroatoms. The average Bonchev–Trinajstić information content (AvgIpc) is 3.55. The van der Waals surface area contributed by atoms with E-state index in [1.165, 1.54) is 6.20 Å². The molecule has 1 fully saturated rings. The zero-order valence-corrected chi connectivity index (χ0v) is 14.5. The van der Waals surface area contributed by atoms with Crippen LogP contribution in [0, 0.1) is 0 Å². The number of rotatable bonds is 5. The number of hydrazine groups is 1. The van der Waals surface area contributed by atoms with Gasteiger partial charge in [0.1, 0.15) is 5.82 Å². The predicted octanol–water partition coefficient (Wildman–Crippen LogP) is 1.23. The van der Waals surface area contributed by atoms with E-state index in [4.69, 9.17) is 5.84 Å². The Bertz CT molecular complexity index is 1030. The number of carbonyl (C=O) groups excluding carboxylic acids is 1. The average molecular weight is 362 g/mol. The minimum absolute atomic E-state index is 0.120. The normalized spacial score (nSPS) is 13.4. The molecule has 0 bridgehead atoms. The predicted molar refractivity (Wildman–Crippen MR) is 98.7 cm³/mol. The van der Waals surface area contributed by atoms with Crippen molar-refractivity contribution in [2.24, 2.45) is 5.84 Å². The fraction of sp³-hybridized carbons (Fsp3) is 0.211. The highest BCUT2D eigenvalue weighted by Gasteiger charge is 2.29. The van der Waals surface area contributed by atoms with Crippen LogP contribution in [0.4, 0.5) is 0 Å². The topological polar surface area (TPSA) is 116 Å². The highest BCUT2D eigenvalue weighted by atomic mass is 16.2. The number of pyridine rings is 2. The lowest BCUT2D eigenvalue weighted by atomic mass is 10.1. The maximum atomic E-state index is 13.1. The Kier molecular flexibility index (Phi) is 4.47. The summed E-state index contributed by atoms with van der Waals surface area (Å²) >= 11 is 0. The molecule has 0 atom stereocenters. The number of nitrogens with zero attached hydrogens (tertiary/aromatic N) is 4. The van der Waals surface area contributed by atoms with Gasteiger partial charge in [-0.25, -0.2) is 10.8 Å². The maximum absolute atomic E-state index is 13.1. The van der Waals surface area contributed by atoms with Crippen LogP contribution in [-0.2, 0) is 6.54 Å². The summed E-state index contributed by atoms with van der Waals surface area (Å²) in [5.41, 5.74) is 4.21. The molecule has 1 saturated carbocycles. The van der Waals surface area contributed by atoms with E-state index in [1.54, 1.807) is 41.4 Å². The molecule has 3 N–H and O–H groups in total. The monoisotopic (exact) mass is 362 g/mol. The molecule has 3 aromatic rings. The lowest BCUT2D eigenvalue weighted by molar-refractivity contribution is 0.0953. The first-order chi connectivity index (χ1) is 13.2. The van der Waals surface area contributed by atoms with Gasteiger partial charge in [0.15, 0.2) is 0 Å². The minimum atomic E-state index is -0.412. The smallest absolute Gasteiger partial charge is 0.266 e. The van der Waals surface area contributed by atoms with Crippen molar-refractivity contribution in [1.82, 2.24) is 24.9 Å². The molecule has 0 unspecified atom stereocenters. The maximum Gasteiger partial charge on any atom is 0.266 e. The molecule has 0 spiro atoms. The van der Waals surface area contributed by atoms with Crippen molar-refractivity contribution in [3.05, 3.63) is 76.5 Å². The van der Waals surface area contributed by atoms with Gasteiger partial charge in [-0.3, -0.25) is 29.5 Å². The van der Waals surface area contributed by atoms with Gasteiger partial charge in [-0.2, -0.15) is 0 Å². The molecule has 0 aliphatic heterocycles. The summed E-state index contributed by atoms with van der Waals surface area (Å²) in [5, 5.41) is 0. The summed E-state index contributed by atoms with van der Waals surface area (Å²) in [6, 6.07) is 6.97. The van der Waals surface area contributed by atoms with Crippen molar-refractivity contribution in [2.45, 2.75) is 25.3 Å². The van der Waals surface area contributed by atoms with Crippen LogP contribution in [0.1, 0.15) is 40.6 Å². The van der Waals surface area contributed by atoms with E-state index in [2.05, 4.69) is 20.4 Å². The first-order valence-electron chi connectivity index (χ1n) is 8.63. The first-order valence-corrected chi connectivity index (χ1v) is 8.63. The van der Waals surface area contributed by atoms with Crippen LogP contribution in [0.15, 0.2) is 53.8 Å². The number of nitrogen functional groups attached to an aromatic ring is 1. The number of aromatic nitrogens is 4. The number of nitrogens with one attached hydrogen (secondary N) is 1. The zero-order valence-electron chi connectivity index (χ0n) is 14.5. The Hall–Kier alpha value is -3.39. The van der Waals surface area contributed by atoms with Crippen LogP contribution in [0.5, 0.6) is 0 Å². The second kappa shape index (κ2) is 7.08. The third-order valence-corrected chi connectivity index (χ3v) is 4.53. The molecule has 1 aliphatic rings. The van der Waals surface area contributed by atoms with E-state index >= 15 is 0 Å². The highest BCUT2D eigenvalue weighted by Crippen LogP contribution is 2.38. The summed E-state index contributed by atoms with van der Waals surface area (Å²) in [7, 11) is 0. The Labute approximate surface area is 155 Å². The summed E-state index contributed by atoms with van der Waals surface area (Å²) in [6.45, 7) is 0.288. The van der Waals surface area contributed by atoms with Gasteiger partial charge in [-0.15, -0.1) is 0 Å². The molecule has 0 saturated heterocycles. The second-order valence-electron chi connectivity index (χ2n) is 6.45. The van der Waals surface area contributed by atoms with E-state index in [9.17, 15) is 9.59 Å². The molecule has 27 heavy (non-hydrogen) atoms. The Morgan fingerprint density at radius 3 is 2.67 bits per heavy atom. The summed E-state index contributed by atoms with van der Waals surface area (Å²) < 4.78 is 1.67. The van der Waals surface area contributed by atoms with Gasteiger partial charge >= 0.3 is 0 Å². The van der Waals surface area contributed by atoms with Crippen LogP contribution in [-0.4, -0.2) is 25.4 Å². The quantitative estimate of drug-likeness (QED) is 0.401. The molecule has 1 amide bonds. The van der Waals surface area contributed by atoms with Crippen molar-refractivity contribution >= 4 is 5.91 Å². The molecule has 1 aliphatic carbocycles. The largest absolute Gasteiger partial charge is 0.290 e. The summed E-state index contributed by atoms with van der Waals surface area (Å²) in [6.07, 6.45) is 8.45. The van der Waals surface area contributed by atoms with Crippen LogP contribution in [0.2, 0.25) is 0 Å². The SMILES string of the molecule is NNC(=O)c1ccc(Cn2c(C3CC3)ncc(-c3cccnc3)c2=O)nc1.